The minimum Gasteiger partial charge on any atom is -0.0795 e. The van der Waals surface area contributed by atoms with E-state index in [2.05, 4.69) is 72.8 Å². The van der Waals surface area contributed by atoms with Crippen molar-refractivity contribution in [3.05, 3.63) is 97.7 Å². The zero-order valence-corrected chi connectivity index (χ0v) is 12.6. The van der Waals surface area contributed by atoms with Crippen LogP contribution < -0.4 is 10.4 Å². The molecule has 3 aliphatic carbocycles. The van der Waals surface area contributed by atoms with Gasteiger partial charge in [-0.2, -0.15) is 0 Å². The van der Waals surface area contributed by atoms with Gasteiger partial charge in [-0.15, -0.1) is 0 Å². The van der Waals surface area contributed by atoms with E-state index in [-0.39, 0.29) is 0 Å². The topological polar surface area (TPSA) is 0 Å². The van der Waals surface area contributed by atoms with Crippen LogP contribution in [-0.4, -0.2) is 0 Å². The average Bonchev–Trinajstić information content (AvgIpc) is 3.28. The number of fused-ring (bicyclic) bond motifs is 9. The number of hydrogen-bond donors (Lipinski definition) is 0. The molecule has 3 aromatic carbocycles. The maximum Gasteiger partial charge on any atom is -0.00228 e. The molecule has 23 heavy (non-hydrogen) atoms. The van der Waals surface area contributed by atoms with Crippen LogP contribution in [0.2, 0.25) is 0 Å². The van der Waals surface area contributed by atoms with Gasteiger partial charge in [0.2, 0.25) is 0 Å². The quantitative estimate of drug-likeness (QED) is 0.409. The van der Waals surface area contributed by atoms with Crippen LogP contribution >= 0.6 is 0 Å². The first-order valence-corrected chi connectivity index (χ1v) is 8.19. The molecule has 0 atom stereocenters. The lowest BCUT2D eigenvalue weighted by Crippen LogP contribution is -2.10. The van der Waals surface area contributed by atoms with Crippen molar-refractivity contribution >= 4 is 18.2 Å². The Kier molecular flexibility index (Phi) is 1.98. The zero-order chi connectivity index (χ0) is 15.0. The van der Waals surface area contributed by atoms with Gasteiger partial charge in [-0.25, -0.2) is 0 Å². The van der Waals surface area contributed by atoms with Gasteiger partial charge < -0.3 is 0 Å². The summed E-state index contributed by atoms with van der Waals surface area (Å²) in [6.45, 7) is 0. The van der Waals surface area contributed by atoms with Crippen molar-refractivity contribution in [2.24, 2.45) is 0 Å². The Labute approximate surface area is 134 Å². The van der Waals surface area contributed by atoms with Gasteiger partial charge in [0.1, 0.15) is 0 Å². The first-order valence-electron chi connectivity index (χ1n) is 8.19. The highest BCUT2D eigenvalue weighted by molar-refractivity contribution is 5.92. The lowest BCUT2D eigenvalue weighted by Gasteiger charge is -2.11. The number of allylic oxidation sites excluding steroid dienone is 1. The molecule has 0 heteroatoms. The minimum absolute atomic E-state index is 1.05. The summed E-state index contributed by atoms with van der Waals surface area (Å²) in [6, 6.07) is 17.6. The monoisotopic (exact) mass is 290 g/mol. The molecule has 0 saturated heterocycles. The fourth-order valence-corrected chi connectivity index (χ4v) is 4.46. The maximum atomic E-state index is 2.38. The van der Waals surface area contributed by atoms with Crippen molar-refractivity contribution in [2.45, 2.75) is 6.42 Å². The molecule has 0 saturated carbocycles. The van der Waals surface area contributed by atoms with Crippen molar-refractivity contribution < 1.29 is 0 Å². The van der Waals surface area contributed by atoms with Crippen LogP contribution in [-0.2, 0) is 6.42 Å². The van der Waals surface area contributed by atoms with Gasteiger partial charge in [0.15, 0.2) is 0 Å². The van der Waals surface area contributed by atoms with E-state index < -0.39 is 0 Å². The van der Waals surface area contributed by atoms with Crippen LogP contribution in [0.3, 0.4) is 0 Å². The molecular weight excluding hydrogens is 276 g/mol. The van der Waals surface area contributed by atoms with Gasteiger partial charge in [-0.3, -0.25) is 0 Å². The third-order valence-corrected chi connectivity index (χ3v) is 5.39. The summed E-state index contributed by atoms with van der Waals surface area (Å²) < 4.78 is 0. The standard InChI is InChI=1S/C23H14/c1-4-9-17-14(6-1)12-20-18-10-5-11-19(18)22-16-8-3-2-7-15(16)13-21(22)23(17)20/h1-9,11-13H,10H2. The van der Waals surface area contributed by atoms with Crippen LogP contribution in [0.25, 0.3) is 29.4 Å². The fourth-order valence-electron chi connectivity index (χ4n) is 4.46. The van der Waals surface area contributed by atoms with Crippen LogP contribution in [0.1, 0.15) is 22.3 Å². The SMILES string of the molecule is C1=Cc2c(c3c(c4c2-c2ccccc2C=4)=c2ccccc2=C3)C1. The van der Waals surface area contributed by atoms with Gasteiger partial charge in [0, 0.05) is 0 Å². The summed E-state index contributed by atoms with van der Waals surface area (Å²) in [7, 11) is 0. The minimum atomic E-state index is 1.05. The normalized spacial score (nSPS) is 14.4. The second-order valence-electron chi connectivity index (χ2n) is 6.54. The average molecular weight is 290 g/mol. The number of rotatable bonds is 0. The Morgan fingerprint density at radius 2 is 1.65 bits per heavy atom. The third kappa shape index (κ3) is 1.33. The molecule has 0 radical (unpaired) electrons. The van der Waals surface area contributed by atoms with E-state index in [4.69, 9.17) is 0 Å². The van der Waals surface area contributed by atoms with Crippen molar-refractivity contribution in [1.82, 2.24) is 0 Å². The Morgan fingerprint density at radius 3 is 2.65 bits per heavy atom. The molecule has 3 aliphatic rings. The van der Waals surface area contributed by atoms with Crippen molar-refractivity contribution in [3.8, 4) is 11.1 Å². The van der Waals surface area contributed by atoms with E-state index in [1.165, 1.54) is 54.3 Å². The molecule has 6 rings (SSSR count). The number of hydrogen-bond acceptors (Lipinski definition) is 0. The van der Waals surface area contributed by atoms with Crippen LogP contribution in [0.15, 0.2) is 54.6 Å². The predicted octanol–water partition coefficient (Wildman–Crippen LogP) is 3.49. The largest absolute Gasteiger partial charge is 0.0795 e. The highest BCUT2D eigenvalue weighted by Gasteiger charge is 2.24. The maximum absolute atomic E-state index is 2.38. The zero-order valence-electron chi connectivity index (χ0n) is 12.6. The van der Waals surface area contributed by atoms with E-state index in [0.29, 0.717) is 0 Å². The molecule has 0 bridgehead atoms. The predicted molar refractivity (Wildman–Crippen MR) is 95.1 cm³/mol. The molecule has 0 aromatic heterocycles. The summed E-state index contributed by atoms with van der Waals surface area (Å²) in [5, 5.41) is 5.59. The summed E-state index contributed by atoms with van der Waals surface area (Å²) >= 11 is 0. The lowest BCUT2D eigenvalue weighted by molar-refractivity contribution is 1.27. The van der Waals surface area contributed by atoms with Crippen molar-refractivity contribution in [3.63, 3.8) is 0 Å². The van der Waals surface area contributed by atoms with Crippen LogP contribution in [0.4, 0.5) is 0 Å². The van der Waals surface area contributed by atoms with E-state index in [9.17, 15) is 0 Å². The summed E-state index contributed by atoms with van der Waals surface area (Å²) in [6.07, 6.45) is 10.4. The molecule has 0 aliphatic heterocycles. The van der Waals surface area contributed by atoms with Gasteiger partial charge in [0.25, 0.3) is 0 Å². The van der Waals surface area contributed by atoms with Gasteiger partial charge in [-0.1, -0.05) is 60.7 Å². The highest BCUT2D eigenvalue weighted by Crippen LogP contribution is 2.37. The van der Waals surface area contributed by atoms with Gasteiger partial charge in [-0.05, 0) is 72.8 Å². The highest BCUT2D eigenvalue weighted by atomic mass is 14.3. The smallest absolute Gasteiger partial charge is 0.00228 e. The molecule has 0 nitrogen and oxygen atoms in total. The Morgan fingerprint density at radius 1 is 0.783 bits per heavy atom. The Bertz CT molecular complexity index is 1270. The van der Waals surface area contributed by atoms with Gasteiger partial charge in [0.05, 0.1) is 0 Å². The fraction of sp³-hybridized carbons (Fsp3) is 0.0435. The number of benzene rings is 3. The summed E-state index contributed by atoms with van der Waals surface area (Å²) in [5.74, 6) is 0. The second-order valence-corrected chi connectivity index (χ2v) is 6.54. The summed E-state index contributed by atoms with van der Waals surface area (Å²) in [5.41, 5.74) is 8.55. The molecule has 0 unspecified atom stereocenters. The van der Waals surface area contributed by atoms with Crippen molar-refractivity contribution in [1.29, 1.82) is 0 Å². The first-order chi connectivity index (χ1) is 11.4. The molecule has 0 heterocycles. The van der Waals surface area contributed by atoms with E-state index in [1.54, 1.807) is 0 Å². The Balaban J connectivity index is 1.97. The van der Waals surface area contributed by atoms with E-state index in [0.717, 1.165) is 6.42 Å². The second kappa shape index (κ2) is 3.91. The van der Waals surface area contributed by atoms with E-state index in [1.807, 2.05) is 0 Å². The molecule has 106 valence electrons. The molecule has 0 N–H and O–H groups in total. The van der Waals surface area contributed by atoms with Gasteiger partial charge >= 0.3 is 0 Å². The lowest BCUT2D eigenvalue weighted by atomic mass is 9.92. The molecule has 3 aromatic rings. The van der Waals surface area contributed by atoms with Crippen molar-refractivity contribution in [2.75, 3.05) is 0 Å². The molecular formula is C23H14. The molecule has 0 amide bonds. The first kappa shape index (κ1) is 11.7. The van der Waals surface area contributed by atoms with Crippen LogP contribution in [0, 0.1) is 10.4 Å². The Hall–Kier alpha value is -2.86. The molecule has 0 fully saturated rings. The van der Waals surface area contributed by atoms with E-state index >= 15 is 0 Å². The third-order valence-electron chi connectivity index (χ3n) is 5.39. The summed E-state index contributed by atoms with van der Waals surface area (Å²) in [4.78, 5) is 0. The van der Waals surface area contributed by atoms with Crippen LogP contribution in [0.5, 0.6) is 0 Å². The molecule has 0 spiro atoms.